The monoisotopic (exact) mass is 510 g/mol. The Morgan fingerprint density at radius 3 is 2.32 bits per heavy atom. The van der Waals surface area contributed by atoms with Crippen molar-refractivity contribution >= 4 is 23.5 Å². The van der Waals surface area contributed by atoms with Gasteiger partial charge in [0.05, 0.1) is 12.8 Å². The summed E-state index contributed by atoms with van der Waals surface area (Å²) < 4.78 is 11.4. The highest BCUT2D eigenvalue weighted by molar-refractivity contribution is 6.13. The van der Waals surface area contributed by atoms with E-state index in [4.69, 9.17) is 9.47 Å². The smallest absolute Gasteiger partial charge is 0.330 e. The maximum Gasteiger partial charge on any atom is 0.330 e. The van der Waals surface area contributed by atoms with Gasteiger partial charge in [0.2, 0.25) is 0 Å². The zero-order chi connectivity index (χ0) is 27.7. The van der Waals surface area contributed by atoms with Crippen molar-refractivity contribution in [3.05, 3.63) is 53.1 Å². The van der Waals surface area contributed by atoms with Crippen LogP contribution in [0.15, 0.2) is 36.4 Å². The molecule has 1 atom stereocenters. The van der Waals surface area contributed by atoms with Gasteiger partial charge in [-0.15, -0.1) is 0 Å². The predicted molar refractivity (Wildman–Crippen MR) is 143 cm³/mol. The molecule has 200 valence electrons. The standard InChI is InChI=1S/C29H38N2O6/c1-18(2)15-29(27(34)35)16-20-22(10-9-11-23(20)37-17-25(32)30(6)7)31(29)26(33)19-12-13-21(28(3,4)5)24(14-19)36-8/h9-14,18H,15-17H2,1-8H3,(H,34,35). The molecule has 2 aromatic carbocycles. The van der Waals surface area contributed by atoms with E-state index in [0.29, 0.717) is 28.3 Å². The fourth-order valence-corrected chi connectivity index (χ4v) is 4.92. The summed E-state index contributed by atoms with van der Waals surface area (Å²) in [5, 5.41) is 10.6. The fourth-order valence-electron chi connectivity index (χ4n) is 4.92. The van der Waals surface area contributed by atoms with Crippen molar-refractivity contribution in [1.29, 1.82) is 0 Å². The van der Waals surface area contributed by atoms with Gasteiger partial charge in [-0.25, -0.2) is 4.79 Å². The van der Waals surface area contributed by atoms with Crippen LogP contribution in [-0.2, 0) is 21.4 Å². The third-order valence-corrected chi connectivity index (χ3v) is 6.70. The fraction of sp³-hybridized carbons (Fsp3) is 0.483. The van der Waals surface area contributed by atoms with Gasteiger partial charge in [-0.05, 0) is 47.6 Å². The average Bonchev–Trinajstić information content (AvgIpc) is 3.15. The first kappa shape index (κ1) is 28.0. The lowest BCUT2D eigenvalue weighted by atomic mass is 9.84. The van der Waals surface area contributed by atoms with Crippen LogP contribution in [0.4, 0.5) is 5.69 Å². The molecule has 0 fully saturated rings. The highest BCUT2D eigenvalue weighted by Gasteiger charge is 2.54. The Kier molecular flexibility index (Phi) is 7.91. The first-order valence-corrected chi connectivity index (χ1v) is 12.4. The number of ether oxygens (including phenoxy) is 2. The molecule has 1 unspecified atom stereocenters. The first-order valence-electron chi connectivity index (χ1n) is 12.4. The number of rotatable bonds is 8. The average molecular weight is 511 g/mol. The van der Waals surface area contributed by atoms with Crippen LogP contribution in [0, 0.1) is 5.92 Å². The number of carboxylic acids is 1. The van der Waals surface area contributed by atoms with Crippen molar-refractivity contribution in [2.24, 2.45) is 5.92 Å². The summed E-state index contributed by atoms with van der Waals surface area (Å²) in [5.74, 6) is -0.763. The number of carbonyl (C=O) groups is 3. The molecule has 0 spiro atoms. The van der Waals surface area contributed by atoms with E-state index in [9.17, 15) is 19.5 Å². The molecule has 2 amide bonds. The number of hydrogen-bond acceptors (Lipinski definition) is 5. The summed E-state index contributed by atoms with van der Waals surface area (Å²) in [6.07, 6.45) is 0.321. The predicted octanol–water partition coefficient (Wildman–Crippen LogP) is 4.53. The molecule has 3 rings (SSSR count). The van der Waals surface area contributed by atoms with Gasteiger partial charge in [0.15, 0.2) is 6.61 Å². The molecule has 1 N–H and O–H groups in total. The molecule has 0 aromatic heterocycles. The summed E-state index contributed by atoms with van der Waals surface area (Å²) in [6, 6.07) is 10.4. The summed E-state index contributed by atoms with van der Waals surface area (Å²) in [5.41, 5.74) is 0.647. The number of fused-ring (bicyclic) bond motifs is 1. The van der Waals surface area contributed by atoms with Crippen molar-refractivity contribution in [2.45, 2.75) is 58.4 Å². The van der Waals surface area contributed by atoms with Crippen LogP contribution in [0.3, 0.4) is 0 Å². The molecular weight excluding hydrogens is 472 g/mol. The molecule has 8 heteroatoms. The molecule has 0 radical (unpaired) electrons. The van der Waals surface area contributed by atoms with Crippen molar-refractivity contribution < 1.29 is 29.0 Å². The zero-order valence-electron chi connectivity index (χ0n) is 23.0. The number of benzene rings is 2. The third kappa shape index (κ3) is 5.43. The second-order valence-electron chi connectivity index (χ2n) is 11.2. The molecule has 1 aliphatic heterocycles. The number of anilines is 1. The lowest BCUT2D eigenvalue weighted by Gasteiger charge is -2.36. The van der Waals surface area contributed by atoms with Gasteiger partial charge >= 0.3 is 5.97 Å². The van der Waals surface area contributed by atoms with E-state index < -0.39 is 17.4 Å². The highest BCUT2D eigenvalue weighted by atomic mass is 16.5. The molecule has 1 aliphatic rings. The van der Waals surface area contributed by atoms with E-state index in [1.165, 1.54) is 9.80 Å². The molecular formula is C29H38N2O6. The highest BCUT2D eigenvalue weighted by Crippen LogP contribution is 2.47. The topological polar surface area (TPSA) is 96.4 Å². The Morgan fingerprint density at radius 2 is 1.78 bits per heavy atom. The number of aliphatic carboxylic acids is 1. The van der Waals surface area contributed by atoms with Crippen LogP contribution in [-0.4, -0.2) is 61.1 Å². The zero-order valence-corrected chi connectivity index (χ0v) is 23.0. The normalized spacial score (nSPS) is 16.9. The first-order chi connectivity index (χ1) is 17.2. The van der Waals surface area contributed by atoms with Gasteiger partial charge in [-0.1, -0.05) is 46.8 Å². The summed E-state index contributed by atoms with van der Waals surface area (Å²) in [4.78, 5) is 42.0. The maximum atomic E-state index is 14.1. The molecule has 1 heterocycles. The van der Waals surface area contributed by atoms with E-state index in [1.54, 1.807) is 51.5 Å². The van der Waals surface area contributed by atoms with E-state index in [1.807, 2.05) is 19.9 Å². The second-order valence-corrected chi connectivity index (χ2v) is 11.2. The van der Waals surface area contributed by atoms with E-state index in [0.717, 1.165) is 5.56 Å². The Morgan fingerprint density at radius 1 is 1.11 bits per heavy atom. The number of hydrogen-bond donors (Lipinski definition) is 1. The minimum Gasteiger partial charge on any atom is -0.496 e. The summed E-state index contributed by atoms with van der Waals surface area (Å²) in [6.45, 7) is 9.86. The summed E-state index contributed by atoms with van der Waals surface area (Å²) in [7, 11) is 4.83. The van der Waals surface area contributed by atoms with Gasteiger partial charge in [-0.2, -0.15) is 0 Å². The Hall–Kier alpha value is -3.55. The molecule has 37 heavy (non-hydrogen) atoms. The number of carboxylic acid groups (broad SMARTS) is 1. The molecule has 0 saturated carbocycles. The van der Waals surface area contributed by atoms with Crippen LogP contribution in [0.25, 0.3) is 0 Å². The number of likely N-dealkylation sites (N-methyl/N-ethyl adjacent to an activating group) is 1. The van der Waals surface area contributed by atoms with Gasteiger partial charge in [0.1, 0.15) is 17.0 Å². The third-order valence-electron chi connectivity index (χ3n) is 6.70. The van der Waals surface area contributed by atoms with Crippen LogP contribution in [0.5, 0.6) is 11.5 Å². The van der Waals surface area contributed by atoms with Gasteiger partial charge in [0.25, 0.3) is 11.8 Å². The number of methoxy groups -OCH3 is 1. The Balaban J connectivity index is 2.15. The lowest BCUT2D eigenvalue weighted by Crippen LogP contribution is -2.56. The number of amides is 2. The Labute approximate surface area is 219 Å². The lowest BCUT2D eigenvalue weighted by molar-refractivity contribution is -0.143. The molecule has 0 aliphatic carbocycles. The van der Waals surface area contributed by atoms with Gasteiger partial charge in [0, 0.05) is 31.6 Å². The van der Waals surface area contributed by atoms with Gasteiger partial charge in [-0.3, -0.25) is 14.5 Å². The van der Waals surface area contributed by atoms with Crippen LogP contribution >= 0.6 is 0 Å². The molecule has 2 aromatic rings. The van der Waals surface area contributed by atoms with Crippen molar-refractivity contribution in [1.82, 2.24) is 4.90 Å². The van der Waals surface area contributed by atoms with Crippen molar-refractivity contribution in [3.63, 3.8) is 0 Å². The quantitative estimate of drug-likeness (QED) is 0.561. The van der Waals surface area contributed by atoms with Crippen LogP contribution < -0.4 is 14.4 Å². The van der Waals surface area contributed by atoms with Crippen molar-refractivity contribution in [3.8, 4) is 11.5 Å². The van der Waals surface area contributed by atoms with Crippen molar-refractivity contribution in [2.75, 3.05) is 32.7 Å². The van der Waals surface area contributed by atoms with Gasteiger partial charge < -0.3 is 19.5 Å². The number of nitrogens with zero attached hydrogens (tertiary/aromatic N) is 2. The van der Waals surface area contributed by atoms with E-state index in [-0.39, 0.29) is 36.7 Å². The summed E-state index contributed by atoms with van der Waals surface area (Å²) >= 11 is 0. The molecule has 8 nitrogen and oxygen atoms in total. The van der Waals surface area contributed by atoms with E-state index >= 15 is 0 Å². The number of carbonyl (C=O) groups excluding carboxylic acids is 2. The van der Waals surface area contributed by atoms with Crippen LogP contribution in [0.2, 0.25) is 0 Å². The van der Waals surface area contributed by atoms with E-state index in [2.05, 4.69) is 20.8 Å². The second kappa shape index (κ2) is 10.4. The maximum absolute atomic E-state index is 14.1. The largest absolute Gasteiger partial charge is 0.496 e. The SMILES string of the molecule is COc1cc(C(=O)N2c3cccc(OCC(=O)N(C)C)c3CC2(CC(C)C)C(=O)O)ccc1C(C)(C)C. The minimum atomic E-state index is -1.51. The van der Waals surface area contributed by atoms with Crippen LogP contribution in [0.1, 0.15) is 62.5 Å². The molecule has 0 bridgehead atoms. The Bertz CT molecular complexity index is 1200. The minimum absolute atomic E-state index is 0.00166. The molecule has 0 saturated heterocycles.